The maximum absolute atomic E-state index is 4.78. The number of benzene rings is 1. The molecule has 0 amide bonds. The van der Waals surface area contributed by atoms with Crippen molar-refractivity contribution in [3.8, 4) is 0 Å². The lowest BCUT2D eigenvalue weighted by atomic mass is 10.1. The second-order valence-electron chi connectivity index (χ2n) is 7.80. The van der Waals surface area contributed by atoms with E-state index in [1.165, 1.54) is 41.5 Å². The van der Waals surface area contributed by atoms with Crippen LogP contribution in [-0.2, 0) is 6.42 Å². The molecule has 0 spiro atoms. The number of rotatable bonds is 7. The number of guanidine groups is 1. The summed E-state index contributed by atoms with van der Waals surface area (Å²) in [6.45, 7) is 12.6. The van der Waals surface area contributed by atoms with Crippen LogP contribution in [0.25, 0.3) is 10.9 Å². The molecule has 1 aromatic heterocycles. The lowest BCUT2D eigenvalue weighted by molar-refractivity contribution is 0.283. The Morgan fingerprint density at radius 3 is 2.93 bits per heavy atom. The molecule has 1 aliphatic heterocycles. The van der Waals surface area contributed by atoms with Crippen molar-refractivity contribution in [1.29, 1.82) is 0 Å². The van der Waals surface area contributed by atoms with Crippen LogP contribution in [0.2, 0.25) is 0 Å². The Morgan fingerprint density at radius 1 is 1.18 bits per heavy atom. The van der Waals surface area contributed by atoms with Gasteiger partial charge in [0.05, 0.1) is 6.54 Å². The molecule has 3 rings (SSSR count). The lowest BCUT2D eigenvalue weighted by Gasteiger charge is -2.19. The van der Waals surface area contributed by atoms with Crippen LogP contribution < -0.4 is 10.6 Å². The van der Waals surface area contributed by atoms with Gasteiger partial charge in [-0.2, -0.15) is 0 Å². The summed E-state index contributed by atoms with van der Waals surface area (Å²) < 4.78 is 0. The van der Waals surface area contributed by atoms with Gasteiger partial charge in [0.25, 0.3) is 0 Å². The maximum Gasteiger partial charge on any atom is 0.191 e. The van der Waals surface area contributed by atoms with Gasteiger partial charge in [0.15, 0.2) is 5.96 Å². The highest BCUT2D eigenvalue weighted by Crippen LogP contribution is 2.19. The fourth-order valence-electron chi connectivity index (χ4n) is 3.79. The smallest absolute Gasteiger partial charge is 0.191 e. The lowest BCUT2D eigenvalue weighted by Crippen LogP contribution is -2.39. The Hall–Kier alpha value is -2.05. The summed E-state index contributed by atoms with van der Waals surface area (Å²) >= 11 is 0. The highest BCUT2D eigenvalue weighted by Gasteiger charge is 2.11. The van der Waals surface area contributed by atoms with Gasteiger partial charge in [-0.15, -0.1) is 0 Å². The van der Waals surface area contributed by atoms with Crippen molar-refractivity contribution in [2.75, 3.05) is 59.4 Å². The van der Waals surface area contributed by atoms with Crippen molar-refractivity contribution in [2.24, 2.45) is 4.99 Å². The van der Waals surface area contributed by atoms with E-state index >= 15 is 0 Å². The number of hydrogen-bond donors (Lipinski definition) is 3. The number of fused-ring (bicyclic) bond motifs is 1. The number of nitrogens with one attached hydrogen (secondary N) is 3. The number of aromatic amines is 1. The Balaban J connectivity index is 1.47. The summed E-state index contributed by atoms with van der Waals surface area (Å²) in [6.07, 6.45) is 4.36. The Labute approximate surface area is 169 Å². The van der Waals surface area contributed by atoms with Crippen molar-refractivity contribution in [3.63, 3.8) is 0 Å². The molecular weight excluding hydrogens is 348 g/mol. The molecule has 0 atom stereocenters. The van der Waals surface area contributed by atoms with Gasteiger partial charge in [-0.3, -0.25) is 4.99 Å². The van der Waals surface area contributed by atoms with E-state index in [9.17, 15) is 0 Å². The molecule has 0 radical (unpaired) electrons. The number of aromatic nitrogens is 1. The number of hydrogen-bond acceptors (Lipinski definition) is 3. The van der Waals surface area contributed by atoms with Gasteiger partial charge in [-0.05, 0) is 64.0 Å². The molecule has 154 valence electrons. The molecule has 1 fully saturated rings. The van der Waals surface area contributed by atoms with Gasteiger partial charge in [0.2, 0.25) is 0 Å². The molecule has 0 saturated carbocycles. The molecule has 1 saturated heterocycles. The second-order valence-corrected chi connectivity index (χ2v) is 7.80. The van der Waals surface area contributed by atoms with E-state index in [4.69, 9.17) is 4.99 Å². The van der Waals surface area contributed by atoms with Gasteiger partial charge in [-0.1, -0.05) is 12.1 Å². The summed E-state index contributed by atoms with van der Waals surface area (Å²) in [6, 6.07) is 6.60. The molecule has 6 heteroatoms. The highest BCUT2D eigenvalue weighted by atomic mass is 15.2. The average molecular weight is 385 g/mol. The Kier molecular flexibility index (Phi) is 7.74. The van der Waals surface area contributed by atoms with Crippen molar-refractivity contribution in [1.82, 2.24) is 25.4 Å². The average Bonchev–Trinajstić information content (AvgIpc) is 2.95. The number of aliphatic imine (C=N–C) groups is 1. The van der Waals surface area contributed by atoms with Crippen LogP contribution in [0.3, 0.4) is 0 Å². The normalized spacial score (nSPS) is 17.0. The topological polar surface area (TPSA) is 58.7 Å². The standard InChI is InChI=1S/C22H36N6/c1-4-23-22(25-10-13-28-12-5-11-27(3)14-15-28)24-9-8-19-17-26-21-16-18(2)6-7-20(19)21/h6-7,16-17,26H,4-5,8-15H2,1-3H3,(H2,23,24,25). The number of nitrogens with zero attached hydrogens (tertiary/aromatic N) is 3. The van der Waals surface area contributed by atoms with Crippen molar-refractivity contribution >= 4 is 16.9 Å². The van der Waals surface area contributed by atoms with E-state index in [-0.39, 0.29) is 0 Å². The summed E-state index contributed by atoms with van der Waals surface area (Å²) in [5.41, 5.74) is 3.86. The first-order valence-electron chi connectivity index (χ1n) is 10.7. The van der Waals surface area contributed by atoms with Crippen LogP contribution in [0.5, 0.6) is 0 Å². The molecule has 0 aliphatic carbocycles. The Morgan fingerprint density at radius 2 is 2.07 bits per heavy atom. The first kappa shape index (κ1) is 20.7. The molecule has 1 aliphatic rings. The Bertz CT molecular complexity index is 765. The van der Waals surface area contributed by atoms with Crippen LogP contribution in [0, 0.1) is 6.92 Å². The van der Waals surface area contributed by atoms with Gasteiger partial charge >= 0.3 is 0 Å². The molecule has 6 nitrogen and oxygen atoms in total. The minimum atomic E-state index is 0.839. The monoisotopic (exact) mass is 384 g/mol. The largest absolute Gasteiger partial charge is 0.361 e. The minimum absolute atomic E-state index is 0.839. The zero-order valence-corrected chi connectivity index (χ0v) is 17.7. The van der Waals surface area contributed by atoms with E-state index in [2.05, 4.69) is 70.7 Å². The maximum atomic E-state index is 4.78. The first-order valence-corrected chi connectivity index (χ1v) is 10.7. The third kappa shape index (κ3) is 5.97. The van der Waals surface area contributed by atoms with Crippen molar-refractivity contribution < 1.29 is 0 Å². The molecule has 2 heterocycles. The van der Waals surface area contributed by atoms with Crippen molar-refractivity contribution in [2.45, 2.75) is 26.7 Å². The van der Waals surface area contributed by atoms with Crippen molar-refractivity contribution in [3.05, 3.63) is 35.5 Å². The molecule has 1 aromatic carbocycles. The summed E-state index contributed by atoms with van der Waals surface area (Å²) in [4.78, 5) is 13.1. The molecule has 2 aromatic rings. The van der Waals surface area contributed by atoms with Crippen LogP contribution in [-0.4, -0.2) is 80.1 Å². The van der Waals surface area contributed by atoms with Gasteiger partial charge < -0.3 is 25.4 Å². The molecule has 3 N–H and O–H groups in total. The van der Waals surface area contributed by atoms with E-state index in [0.717, 1.165) is 51.6 Å². The molecule has 28 heavy (non-hydrogen) atoms. The highest BCUT2D eigenvalue weighted by molar-refractivity contribution is 5.84. The van der Waals surface area contributed by atoms with Crippen LogP contribution in [0.15, 0.2) is 29.4 Å². The zero-order valence-electron chi connectivity index (χ0n) is 17.7. The predicted molar refractivity (Wildman–Crippen MR) is 119 cm³/mol. The second kappa shape index (κ2) is 10.5. The number of H-pyrrole nitrogens is 1. The van der Waals surface area contributed by atoms with E-state index in [1.807, 2.05) is 0 Å². The van der Waals surface area contributed by atoms with Gasteiger partial charge in [-0.25, -0.2) is 0 Å². The molecule has 0 bridgehead atoms. The zero-order chi connectivity index (χ0) is 19.8. The predicted octanol–water partition coefficient (Wildman–Crippen LogP) is 2.21. The van der Waals surface area contributed by atoms with Crippen LogP contribution in [0.4, 0.5) is 0 Å². The van der Waals surface area contributed by atoms with E-state index in [0.29, 0.717) is 0 Å². The first-order chi connectivity index (χ1) is 13.7. The molecular formula is C22H36N6. The van der Waals surface area contributed by atoms with Gasteiger partial charge in [0.1, 0.15) is 0 Å². The summed E-state index contributed by atoms with van der Waals surface area (Å²) in [5.74, 6) is 0.921. The summed E-state index contributed by atoms with van der Waals surface area (Å²) in [5, 5.41) is 8.18. The third-order valence-electron chi connectivity index (χ3n) is 5.45. The van der Waals surface area contributed by atoms with Gasteiger partial charge in [0, 0.05) is 49.8 Å². The molecule has 0 unspecified atom stereocenters. The summed E-state index contributed by atoms with van der Waals surface area (Å²) in [7, 11) is 2.21. The quantitative estimate of drug-likeness (QED) is 0.506. The fraction of sp³-hybridized carbons (Fsp3) is 0.591. The van der Waals surface area contributed by atoms with E-state index < -0.39 is 0 Å². The SMILES string of the molecule is CCNC(=NCCN1CCCN(C)CC1)NCCc1c[nH]c2cc(C)ccc12. The third-order valence-corrected chi connectivity index (χ3v) is 5.45. The number of likely N-dealkylation sites (N-methyl/N-ethyl adjacent to an activating group) is 1. The fourth-order valence-corrected chi connectivity index (χ4v) is 3.79. The van der Waals surface area contributed by atoms with Crippen LogP contribution >= 0.6 is 0 Å². The van der Waals surface area contributed by atoms with E-state index in [1.54, 1.807) is 0 Å². The number of aryl methyl sites for hydroxylation is 1. The minimum Gasteiger partial charge on any atom is -0.361 e. The van der Waals surface area contributed by atoms with Crippen LogP contribution in [0.1, 0.15) is 24.5 Å².